The van der Waals surface area contributed by atoms with E-state index < -0.39 is 6.10 Å². The maximum atomic E-state index is 10.1. The van der Waals surface area contributed by atoms with Crippen molar-refractivity contribution in [3.63, 3.8) is 0 Å². The van der Waals surface area contributed by atoms with Crippen LogP contribution >= 0.6 is 0 Å². The number of benzene rings is 1. The first-order valence-corrected chi connectivity index (χ1v) is 6.55. The van der Waals surface area contributed by atoms with E-state index in [1.165, 1.54) is 0 Å². The van der Waals surface area contributed by atoms with Crippen LogP contribution < -0.4 is 21.3 Å². The molecule has 1 heterocycles. The molecule has 21 heavy (non-hydrogen) atoms. The van der Waals surface area contributed by atoms with Crippen LogP contribution in [0.4, 0.5) is 11.9 Å². The number of hydrogen-bond donors (Lipinski definition) is 4. The van der Waals surface area contributed by atoms with Gasteiger partial charge in [0.2, 0.25) is 11.9 Å². The number of nitrogens with two attached hydrogens (primary N) is 1. The van der Waals surface area contributed by atoms with Gasteiger partial charge >= 0.3 is 6.01 Å². The van der Waals surface area contributed by atoms with Crippen LogP contribution in [0.3, 0.4) is 0 Å². The zero-order valence-electron chi connectivity index (χ0n) is 11.7. The molecule has 2 aromatic rings. The third-order valence-corrected chi connectivity index (χ3v) is 2.66. The topological polar surface area (TPSA) is 118 Å². The van der Waals surface area contributed by atoms with E-state index in [4.69, 9.17) is 10.6 Å². The molecule has 1 aromatic heterocycles. The number of aliphatic hydroxyl groups excluding tert-OH is 1. The molecule has 0 radical (unpaired) electrons. The molecule has 1 aromatic carbocycles. The lowest BCUT2D eigenvalue weighted by Gasteiger charge is -2.13. The normalized spacial score (nSPS) is 11.8. The third kappa shape index (κ3) is 4.26. The molecule has 1 unspecified atom stereocenters. The molecular weight excluding hydrogens is 272 g/mol. The summed E-state index contributed by atoms with van der Waals surface area (Å²) in [5, 5.41) is 13.0. The molecule has 0 aliphatic rings. The van der Waals surface area contributed by atoms with Crippen molar-refractivity contribution in [3.05, 3.63) is 35.9 Å². The Bertz CT molecular complexity index is 566. The van der Waals surface area contributed by atoms with Crippen molar-refractivity contribution in [3.8, 4) is 6.01 Å². The largest absolute Gasteiger partial charge is 0.464 e. The Labute approximate surface area is 122 Å². The maximum Gasteiger partial charge on any atom is 0.323 e. The van der Waals surface area contributed by atoms with Crippen LogP contribution in [-0.2, 0) is 0 Å². The zero-order chi connectivity index (χ0) is 15.1. The average Bonchev–Trinajstić information content (AvgIpc) is 2.53. The molecule has 1 atom stereocenters. The van der Waals surface area contributed by atoms with Crippen molar-refractivity contribution in [2.75, 3.05) is 23.9 Å². The number of nitrogens with one attached hydrogen (secondary N) is 2. The molecule has 0 aliphatic heterocycles. The highest BCUT2D eigenvalue weighted by Crippen LogP contribution is 2.14. The SMILES string of the molecule is CCOc1nc(NN)nc(NCC(O)c2ccccc2)n1. The van der Waals surface area contributed by atoms with Crippen LogP contribution in [0.15, 0.2) is 30.3 Å². The van der Waals surface area contributed by atoms with E-state index in [9.17, 15) is 5.11 Å². The van der Waals surface area contributed by atoms with Crippen molar-refractivity contribution in [2.45, 2.75) is 13.0 Å². The lowest BCUT2D eigenvalue weighted by Crippen LogP contribution is -2.17. The fraction of sp³-hybridized carbons (Fsp3) is 0.308. The second-order valence-electron chi connectivity index (χ2n) is 4.15. The van der Waals surface area contributed by atoms with Crippen LogP contribution in [0.2, 0.25) is 0 Å². The number of nitrogens with zero attached hydrogens (tertiary/aromatic N) is 3. The number of nitrogen functional groups attached to an aromatic ring is 1. The first-order chi connectivity index (χ1) is 10.2. The van der Waals surface area contributed by atoms with Crippen LogP contribution in [-0.4, -0.2) is 33.2 Å². The molecule has 0 bridgehead atoms. The van der Waals surface area contributed by atoms with E-state index in [1.807, 2.05) is 37.3 Å². The van der Waals surface area contributed by atoms with Crippen LogP contribution in [0.25, 0.3) is 0 Å². The number of anilines is 2. The minimum Gasteiger partial charge on any atom is -0.464 e. The lowest BCUT2D eigenvalue weighted by atomic mass is 10.1. The molecule has 8 nitrogen and oxygen atoms in total. The minimum absolute atomic E-state index is 0.164. The second kappa shape index (κ2) is 7.36. The molecule has 0 aliphatic carbocycles. The second-order valence-corrected chi connectivity index (χ2v) is 4.15. The summed E-state index contributed by atoms with van der Waals surface area (Å²) in [4.78, 5) is 12.1. The van der Waals surface area contributed by atoms with E-state index in [-0.39, 0.29) is 24.5 Å². The zero-order valence-corrected chi connectivity index (χ0v) is 11.7. The molecule has 0 saturated carbocycles. The lowest BCUT2D eigenvalue weighted by molar-refractivity contribution is 0.191. The van der Waals surface area contributed by atoms with E-state index >= 15 is 0 Å². The monoisotopic (exact) mass is 290 g/mol. The highest BCUT2D eigenvalue weighted by Gasteiger charge is 2.10. The predicted molar refractivity (Wildman–Crippen MR) is 78.7 cm³/mol. The van der Waals surface area contributed by atoms with E-state index in [0.717, 1.165) is 5.56 Å². The first-order valence-electron chi connectivity index (χ1n) is 6.55. The van der Waals surface area contributed by atoms with Gasteiger partial charge in [0.1, 0.15) is 0 Å². The quantitative estimate of drug-likeness (QED) is 0.435. The van der Waals surface area contributed by atoms with Crippen LogP contribution in [0.1, 0.15) is 18.6 Å². The number of aromatic nitrogens is 3. The van der Waals surface area contributed by atoms with Gasteiger partial charge in [0.15, 0.2) is 0 Å². The highest BCUT2D eigenvalue weighted by molar-refractivity contribution is 5.35. The van der Waals surface area contributed by atoms with Gasteiger partial charge in [-0.15, -0.1) is 0 Å². The van der Waals surface area contributed by atoms with Gasteiger partial charge in [-0.25, -0.2) is 5.84 Å². The Morgan fingerprint density at radius 1 is 1.19 bits per heavy atom. The van der Waals surface area contributed by atoms with E-state index in [1.54, 1.807) is 0 Å². The summed E-state index contributed by atoms with van der Waals surface area (Å²) in [6.45, 7) is 2.51. The van der Waals surface area contributed by atoms with Gasteiger partial charge in [0.25, 0.3) is 0 Å². The summed E-state index contributed by atoms with van der Waals surface area (Å²) in [6, 6.07) is 9.48. The van der Waals surface area contributed by atoms with Crippen molar-refractivity contribution in [1.82, 2.24) is 15.0 Å². The molecule has 0 spiro atoms. The molecule has 0 fully saturated rings. The number of hydrogen-bond acceptors (Lipinski definition) is 8. The average molecular weight is 290 g/mol. The molecule has 5 N–H and O–H groups in total. The first kappa shape index (κ1) is 14.9. The number of rotatable bonds is 7. The summed E-state index contributed by atoms with van der Waals surface area (Å²) >= 11 is 0. The Morgan fingerprint density at radius 3 is 2.57 bits per heavy atom. The van der Waals surface area contributed by atoms with Crippen LogP contribution in [0, 0.1) is 0 Å². The molecule has 112 valence electrons. The van der Waals surface area contributed by atoms with Gasteiger partial charge in [-0.2, -0.15) is 15.0 Å². The van der Waals surface area contributed by atoms with Crippen molar-refractivity contribution < 1.29 is 9.84 Å². The number of ether oxygens (including phenoxy) is 1. The molecule has 2 rings (SSSR count). The van der Waals surface area contributed by atoms with Gasteiger partial charge in [0.05, 0.1) is 12.7 Å². The Morgan fingerprint density at radius 2 is 1.90 bits per heavy atom. The molecule has 8 heteroatoms. The standard InChI is InChI=1S/C13H18N6O2/c1-2-21-13-17-11(16-12(18-13)19-14)15-8-10(20)9-6-4-3-5-7-9/h3-7,10,20H,2,8,14H2,1H3,(H2,15,16,17,18,19). The van der Waals surface area contributed by atoms with Gasteiger partial charge in [-0.3, -0.25) is 5.43 Å². The molecule has 0 saturated heterocycles. The fourth-order valence-electron chi connectivity index (χ4n) is 1.67. The number of hydrazine groups is 1. The predicted octanol–water partition coefficient (Wildman–Crippen LogP) is 0.701. The summed E-state index contributed by atoms with van der Waals surface area (Å²) in [7, 11) is 0. The Hall–Kier alpha value is -2.45. The molecule has 0 amide bonds. The highest BCUT2D eigenvalue weighted by atomic mass is 16.5. The Balaban J connectivity index is 2.03. The summed E-state index contributed by atoms with van der Waals surface area (Å²) in [5.74, 6) is 5.76. The summed E-state index contributed by atoms with van der Waals surface area (Å²) in [5.41, 5.74) is 3.15. The summed E-state index contributed by atoms with van der Waals surface area (Å²) in [6.07, 6.45) is -0.673. The minimum atomic E-state index is -0.673. The van der Waals surface area contributed by atoms with E-state index in [2.05, 4.69) is 25.7 Å². The smallest absolute Gasteiger partial charge is 0.323 e. The van der Waals surface area contributed by atoms with Gasteiger partial charge in [-0.05, 0) is 12.5 Å². The fourth-order valence-corrected chi connectivity index (χ4v) is 1.67. The Kier molecular flexibility index (Phi) is 5.24. The van der Waals surface area contributed by atoms with Gasteiger partial charge in [0, 0.05) is 6.54 Å². The van der Waals surface area contributed by atoms with E-state index in [0.29, 0.717) is 6.61 Å². The van der Waals surface area contributed by atoms with Crippen molar-refractivity contribution in [1.29, 1.82) is 0 Å². The van der Waals surface area contributed by atoms with Crippen molar-refractivity contribution in [2.24, 2.45) is 5.84 Å². The third-order valence-electron chi connectivity index (χ3n) is 2.66. The number of aliphatic hydroxyl groups is 1. The van der Waals surface area contributed by atoms with Crippen molar-refractivity contribution >= 4 is 11.9 Å². The van der Waals surface area contributed by atoms with Gasteiger partial charge < -0.3 is 15.2 Å². The molecular formula is C13H18N6O2. The van der Waals surface area contributed by atoms with Gasteiger partial charge in [-0.1, -0.05) is 30.3 Å². The van der Waals surface area contributed by atoms with Crippen LogP contribution in [0.5, 0.6) is 6.01 Å². The summed E-state index contributed by atoms with van der Waals surface area (Å²) < 4.78 is 5.22. The maximum absolute atomic E-state index is 10.1.